The lowest BCUT2D eigenvalue weighted by molar-refractivity contribution is -0.119. The quantitative estimate of drug-likeness (QED) is 0.354. The summed E-state index contributed by atoms with van der Waals surface area (Å²) in [5.74, 6) is -0.104. The Hall–Kier alpha value is -4.33. The summed E-state index contributed by atoms with van der Waals surface area (Å²) in [5.41, 5.74) is 7.16. The van der Waals surface area contributed by atoms with Crippen LogP contribution < -0.4 is 25.6 Å². The Kier molecular flexibility index (Phi) is 7.42. The Morgan fingerprint density at radius 1 is 0.750 bits per heavy atom. The predicted molar refractivity (Wildman–Crippen MR) is 120 cm³/mol. The number of hydrogen-bond donors (Lipinski definition) is 3. The second-order valence-electron chi connectivity index (χ2n) is 6.70. The maximum absolute atomic E-state index is 12.6. The third kappa shape index (κ3) is 5.63. The van der Waals surface area contributed by atoms with Gasteiger partial charge in [0.1, 0.15) is 0 Å². The van der Waals surface area contributed by atoms with Crippen LogP contribution in [0.2, 0.25) is 0 Å². The summed E-state index contributed by atoms with van der Waals surface area (Å²) in [6.07, 6.45) is 0. The predicted octanol–water partition coefficient (Wildman–Crippen LogP) is 2.81. The minimum absolute atomic E-state index is 0.122. The largest absolute Gasteiger partial charge is 0.493 e. The molecule has 0 saturated carbocycles. The molecule has 0 spiro atoms. The summed E-state index contributed by atoms with van der Waals surface area (Å²) in [7, 11) is 2.98. The van der Waals surface area contributed by atoms with Crippen molar-refractivity contribution in [3.05, 3.63) is 89.5 Å². The Bertz CT molecular complexity index is 1120. The highest BCUT2D eigenvalue weighted by molar-refractivity contribution is 6.09. The highest BCUT2D eigenvalue weighted by Crippen LogP contribution is 2.27. The van der Waals surface area contributed by atoms with Crippen molar-refractivity contribution in [1.82, 2.24) is 10.7 Å². The van der Waals surface area contributed by atoms with E-state index in [0.29, 0.717) is 33.9 Å². The molecule has 0 aliphatic rings. The molecular weight excluding hydrogens is 410 g/mol. The molecule has 164 valence electrons. The lowest BCUT2D eigenvalue weighted by Gasteiger charge is -2.11. The number of carbonyl (C=O) groups excluding carboxylic acids is 3. The van der Waals surface area contributed by atoms with Gasteiger partial charge in [-0.2, -0.15) is 0 Å². The summed E-state index contributed by atoms with van der Waals surface area (Å²) in [6, 6.07) is 20.4. The van der Waals surface area contributed by atoms with E-state index >= 15 is 0 Å². The molecular formula is C24H23N3O5. The molecule has 8 heteroatoms. The van der Waals surface area contributed by atoms with Crippen molar-refractivity contribution >= 4 is 23.3 Å². The third-order valence-corrected chi connectivity index (χ3v) is 4.56. The van der Waals surface area contributed by atoms with E-state index in [2.05, 4.69) is 16.2 Å². The molecule has 2 amide bonds. The van der Waals surface area contributed by atoms with E-state index in [-0.39, 0.29) is 12.3 Å². The Morgan fingerprint density at radius 2 is 1.47 bits per heavy atom. The minimum atomic E-state index is -0.460. The van der Waals surface area contributed by atoms with Gasteiger partial charge in [-0.1, -0.05) is 42.5 Å². The molecule has 3 aromatic rings. The van der Waals surface area contributed by atoms with E-state index in [0.717, 1.165) is 0 Å². The van der Waals surface area contributed by atoms with E-state index in [4.69, 9.17) is 9.47 Å². The third-order valence-electron chi connectivity index (χ3n) is 4.56. The van der Waals surface area contributed by atoms with Gasteiger partial charge in [0, 0.05) is 16.7 Å². The number of hydrazine groups is 1. The number of amides is 2. The number of ketones is 1. The smallest absolute Gasteiger partial charge is 0.257 e. The molecule has 0 fully saturated rings. The number of nitrogens with one attached hydrogen (secondary N) is 3. The molecule has 0 bridgehead atoms. The second kappa shape index (κ2) is 10.6. The van der Waals surface area contributed by atoms with Crippen LogP contribution in [0.1, 0.15) is 26.3 Å². The molecule has 0 saturated heterocycles. The molecule has 0 aliphatic carbocycles. The topological polar surface area (TPSA) is 106 Å². The van der Waals surface area contributed by atoms with Gasteiger partial charge >= 0.3 is 0 Å². The van der Waals surface area contributed by atoms with Crippen LogP contribution in [0.15, 0.2) is 72.8 Å². The summed E-state index contributed by atoms with van der Waals surface area (Å²) in [4.78, 5) is 37.0. The lowest BCUT2D eigenvalue weighted by atomic mass is 10.0. The minimum Gasteiger partial charge on any atom is -0.493 e. The first-order valence-electron chi connectivity index (χ1n) is 9.76. The molecule has 3 N–H and O–H groups in total. The molecule has 3 aromatic carbocycles. The normalized spacial score (nSPS) is 10.1. The number of ether oxygens (including phenoxy) is 2. The molecule has 0 unspecified atom stereocenters. The number of methoxy groups -OCH3 is 2. The molecule has 0 aliphatic heterocycles. The lowest BCUT2D eigenvalue weighted by Crippen LogP contribution is -2.39. The van der Waals surface area contributed by atoms with Crippen molar-refractivity contribution in [3.63, 3.8) is 0 Å². The van der Waals surface area contributed by atoms with Crippen LogP contribution >= 0.6 is 0 Å². The molecule has 0 heterocycles. The molecule has 32 heavy (non-hydrogen) atoms. The van der Waals surface area contributed by atoms with E-state index < -0.39 is 11.8 Å². The number of anilines is 1. The highest BCUT2D eigenvalue weighted by Gasteiger charge is 2.12. The molecule has 0 radical (unpaired) electrons. The maximum Gasteiger partial charge on any atom is 0.257 e. The van der Waals surface area contributed by atoms with Crippen molar-refractivity contribution in [2.45, 2.75) is 0 Å². The van der Waals surface area contributed by atoms with E-state index in [9.17, 15) is 14.4 Å². The van der Waals surface area contributed by atoms with E-state index in [1.54, 1.807) is 60.7 Å². The average Bonchev–Trinajstić information content (AvgIpc) is 2.85. The highest BCUT2D eigenvalue weighted by atomic mass is 16.5. The number of rotatable bonds is 9. The molecule has 3 rings (SSSR count). The van der Waals surface area contributed by atoms with Gasteiger partial charge in [-0.25, -0.2) is 0 Å². The maximum atomic E-state index is 12.6. The first kappa shape index (κ1) is 22.4. The fourth-order valence-corrected chi connectivity index (χ4v) is 2.92. The standard InChI is InChI=1S/C24H23N3O5/c1-31-20-12-11-18(14-21(20)32-2)24(30)25-15-22(28)27-26-19-10-6-9-17(13-19)23(29)16-7-4-3-5-8-16/h3-14,26H,15H2,1-2H3,(H,25,30)(H,27,28). The summed E-state index contributed by atoms with van der Waals surface area (Å²) < 4.78 is 10.3. The Balaban J connectivity index is 1.53. The first-order valence-corrected chi connectivity index (χ1v) is 9.76. The number of carbonyl (C=O) groups is 3. The summed E-state index contributed by atoms with van der Waals surface area (Å²) in [6.45, 7) is -0.247. The van der Waals surface area contributed by atoms with Gasteiger partial charge in [0.2, 0.25) is 0 Å². The zero-order valence-electron chi connectivity index (χ0n) is 17.7. The summed E-state index contributed by atoms with van der Waals surface area (Å²) in [5, 5.41) is 2.53. The van der Waals surface area contributed by atoms with E-state index in [1.807, 2.05) is 6.07 Å². The van der Waals surface area contributed by atoms with Gasteiger partial charge in [0.05, 0.1) is 26.5 Å². The van der Waals surface area contributed by atoms with Crippen molar-refractivity contribution < 1.29 is 23.9 Å². The Labute approximate surface area is 185 Å². The second-order valence-corrected chi connectivity index (χ2v) is 6.70. The van der Waals surface area contributed by atoms with Crippen molar-refractivity contribution in [2.75, 3.05) is 26.2 Å². The molecule has 0 atom stereocenters. The SMILES string of the molecule is COc1ccc(C(=O)NCC(=O)NNc2cccc(C(=O)c3ccccc3)c2)cc1OC. The fraction of sp³-hybridized carbons (Fsp3) is 0.125. The van der Waals surface area contributed by atoms with Crippen molar-refractivity contribution in [3.8, 4) is 11.5 Å². The van der Waals surface area contributed by atoms with Gasteiger partial charge in [0.25, 0.3) is 11.8 Å². The van der Waals surface area contributed by atoms with Gasteiger partial charge in [0.15, 0.2) is 17.3 Å². The monoisotopic (exact) mass is 433 g/mol. The Morgan fingerprint density at radius 3 is 2.19 bits per heavy atom. The van der Waals surface area contributed by atoms with Crippen LogP contribution in [0.3, 0.4) is 0 Å². The number of benzene rings is 3. The zero-order valence-corrected chi connectivity index (χ0v) is 17.7. The van der Waals surface area contributed by atoms with Crippen LogP contribution in [0, 0.1) is 0 Å². The van der Waals surface area contributed by atoms with Crippen LogP contribution in [0.4, 0.5) is 5.69 Å². The van der Waals surface area contributed by atoms with Crippen molar-refractivity contribution in [2.24, 2.45) is 0 Å². The van der Waals surface area contributed by atoms with Crippen molar-refractivity contribution in [1.29, 1.82) is 0 Å². The average molecular weight is 433 g/mol. The van der Waals surface area contributed by atoms with Gasteiger partial charge < -0.3 is 14.8 Å². The van der Waals surface area contributed by atoms with Crippen LogP contribution in [-0.2, 0) is 4.79 Å². The molecule has 8 nitrogen and oxygen atoms in total. The van der Waals surface area contributed by atoms with Gasteiger partial charge in [-0.3, -0.25) is 25.2 Å². The molecule has 0 aromatic heterocycles. The first-order chi connectivity index (χ1) is 15.5. The fourth-order valence-electron chi connectivity index (χ4n) is 2.92. The number of hydrogen-bond acceptors (Lipinski definition) is 6. The van der Waals surface area contributed by atoms with E-state index in [1.165, 1.54) is 20.3 Å². The van der Waals surface area contributed by atoms with Crippen LogP contribution in [0.5, 0.6) is 11.5 Å². The van der Waals surface area contributed by atoms with Gasteiger partial charge in [-0.05, 0) is 30.3 Å². The van der Waals surface area contributed by atoms with Gasteiger partial charge in [-0.15, -0.1) is 0 Å². The summed E-state index contributed by atoms with van der Waals surface area (Å²) >= 11 is 0. The van der Waals surface area contributed by atoms with Crippen LogP contribution in [-0.4, -0.2) is 38.4 Å². The van der Waals surface area contributed by atoms with Crippen LogP contribution in [0.25, 0.3) is 0 Å². The zero-order chi connectivity index (χ0) is 22.9.